The SMILES string of the molecule is COc1cc(CN2CC[C@@](O)(c3cn[nH]n3)C2)cc(Cl)c1OC. The molecule has 7 nitrogen and oxygen atoms in total. The van der Waals surface area contributed by atoms with E-state index in [0.717, 1.165) is 12.1 Å². The molecule has 1 aliphatic rings. The summed E-state index contributed by atoms with van der Waals surface area (Å²) >= 11 is 6.24. The van der Waals surface area contributed by atoms with Gasteiger partial charge < -0.3 is 14.6 Å². The molecule has 1 aliphatic heterocycles. The second-order valence-corrected chi connectivity index (χ2v) is 6.07. The summed E-state index contributed by atoms with van der Waals surface area (Å²) in [7, 11) is 3.14. The number of rotatable bonds is 5. The molecule has 0 aliphatic carbocycles. The molecule has 2 heterocycles. The maximum absolute atomic E-state index is 10.7. The largest absolute Gasteiger partial charge is 0.493 e. The molecule has 1 aromatic heterocycles. The van der Waals surface area contributed by atoms with Crippen molar-refractivity contribution in [2.45, 2.75) is 18.6 Å². The van der Waals surface area contributed by atoms with Crippen LogP contribution in [0.4, 0.5) is 0 Å². The zero-order valence-electron chi connectivity index (χ0n) is 13.0. The smallest absolute Gasteiger partial charge is 0.179 e. The normalized spacial score (nSPS) is 21.6. The summed E-state index contributed by atoms with van der Waals surface area (Å²) < 4.78 is 10.6. The molecule has 23 heavy (non-hydrogen) atoms. The fourth-order valence-electron chi connectivity index (χ4n) is 2.96. The number of aromatic nitrogens is 3. The van der Waals surface area contributed by atoms with Crippen LogP contribution < -0.4 is 9.47 Å². The number of β-amino-alcohol motifs (C(OH)–C–C–N with tert-alkyl or cyclic N) is 1. The fourth-order valence-corrected chi connectivity index (χ4v) is 3.27. The molecular formula is C15H19ClN4O3. The summed E-state index contributed by atoms with van der Waals surface area (Å²) in [5.74, 6) is 1.12. The number of halogens is 1. The van der Waals surface area contributed by atoms with Crippen molar-refractivity contribution in [1.82, 2.24) is 20.3 Å². The standard InChI is InChI=1S/C15H19ClN4O3/c1-22-12-6-10(5-11(16)14(12)23-2)8-20-4-3-15(21,9-20)13-7-17-19-18-13/h5-7,21H,3-4,8-9H2,1-2H3,(H,17,18,19)/t15-/m0/s1. The number of methoxy groups -OCH3 is 2. The first-order valence-corrected chi connectivity index (χ1v) is 7.65. The van der Waals surface area contributed by atoms with Crippen LogP contribution in [0, 0.1) is 0 Å². The molecule has 1 atom stereocenters. The lowest BCUT2D eigenvalue weighted by Gasteiger charge is -2.21. The lowest BCUT2D eigenvalue weighted by atomic mass is 10.00. The molecule has 0 amide bonds. The summed E-state index contributed by atoms with van der Waals surface area (Å²) in [4.78, 5) is 2.15. The zero-order valence-corrected chi connectivity index (χ0v) is 13.8. The van der Waals surface area contributed by atoms with E-state index in [-0.39, 0.29) is 0 Å². The Morgan fingerprint density at radius 3 is 2.87 bits per heavy atom. The van der Waals surface area contributed by atoms with Gasteiger partial charge in [-0.05, 0) is 24.1 Å². The van der Waals surface area contributed by atoms with Gasteiger partial charge in [0.1, 0.15) is 11.3 Å². The number of hydrogen-bond acceptors (Lipinski definition) is 6. The van der Waals surface area contributed by atoms with Crippen LogP contribution in [0.2, 0.25) is 5.02 Å². The van der Waals surface area contributed by atoms with E-state index in [1.165, 1.54) is 0 Å². The van der Waals surface area contributed by atoms with Gasteiger partial charge in [0.25, 0.3) is 0 Å². The summed E-state index contributed by atoms with van der Waals surface area (Å²) in [6.45, 7) is 1.90. The molecular weight excluding hydrogens is 320 g/mol. The number of aromatic amines is 1. The molecule has 1 fully saturated rings. The second kappa shape index (κ2) is 6.35. The van der Waals surface area contributed by atoms with Gasteiger partial charge in [-0.15, -0.1) is 0 Å². The van der Waals surface area contributed by atoms with Crippen molar-refractivity contribution in [1.29, 1.82) is 0 Å². The van der Waals surface area contributed by atoms with E-state index >= 15 is 0 Å². The lowest BCUT2D eigenvalue weighted by Crippen LogP contribution is -2.31. The summed E-state index contributed by atoms with van der Waals surface area (Å²) in [5, 5.41) is 21.5. The Morgan fingerprint density at radius 1 is 1.39 bits per heavy atom. The third-order valence-corrected chi connectivity index (χ3v) is 4.40. The topological polar surface area (TPSA) is 83.5 Å². The maximum Gasteiger partial charge on any atom is 0.179 e. The van der Waals surface area contributed by atoms with Crippen molar-refractivity contribution in [2.75, 3.05) is 27.3 Å². The molecule has 2 aromatic rings. The Labute approximate surface area is 139 Å². The number of H-pyrrole nitrogens is 1. The van der Waals surface area contributed by atoms with Crippen LogP contribution >= 0.6 is 11.6 Å². The molecule has 3 rings (SSSR count). The lowest BCUT2D eigenvalue weighted by molar-refractivity contribution is 0.0408. The van der Waals surface area contributed by atoms with Crippen molar-refractivity contribution < 1.29 is 14.6 Å². The van der Waals surface area contributed by atoms with Crippen molar-refractivity contribution in [3.8, 4) is 11.5 Å². The highest BCUT2D eigenvalue weighted by Gasteiger charge is 2.39. The van der Waals surface area contributed by atoms with E-state index in [4.69, 9.17) is 21.1 Å². The molecule has 8 heteroatoms. The number of aliphatic hydroxyl groups is 1. The quantitative estimate of drug-likeness (QED) is 0.861. The Morgan fingerprint density at radius 2 is 2.22 bits per heavy atom. The molecule has 1 saturated heterocycles. The van der Waals surface area contributed by atoms with Crippen LogP contribution in [0.25, 0.3) is 0 Å². The molecule has 0 unspecified atom stereocenters. The van der Waals surface area contributed by atoms with Crippen LogP contribution in [0.3, 0.4) is 0 Å². The highest BCUT2D eigenvalue weighted by atomic mass is 35.5. The van der Waals surface area contributed by atoms with Crippen molar-refractivity contribution in [2.24, 2.45) is 0 Å². The van der Waals surface area contributed by atoms with Gasteiger partial charge in [0.05, 0.1) is 25.4 Å². The van der Waals surface area contributed by atoms with Gasteiger partial charge >= 0.3 is 0 Å². The van der Waals surface area contributed by atoms with E-state index in [1.54, 1.807) is 20.4 Å². The number of benzene rings is 1. The van der Waals surface area contributed by atoms with E-state index < -0.39 is 5.60 Å². The minimum absolute atomic E-state index is 0.492. The van der Waals surface area contributed by atoms with Crippen molar-refractivity contribution in [3.63, 3.8) is 0 Å². The average molecular weight is 339 g/mol. The average Bonchev–Trinajstić information content (AvgIpc) is 3.17. The van der Waals surface area contributed by atoms with Gasteiger partial charge in [0.15, 0.2) is 11.5 Å². The van der Waals surface area contributed by atoms with E-state index in [2.05, 4.69) is 20.3 Å². The van der Waals surface area contributed by atoms with Crippen LogP contribution in [0.5, 0.6) is 11.5 Å². The van der Waals surface area contributed by atoms with Crippen LogP contribution in [-0.2, 0) is 12.1 Å². The van der Waals surface area contributed by atoms with E-state index in [0.29, 0.717) is 41.7 Å². The highest BCUT2D eigenvalue weighted by molar-refractivity contribution is 6.32. The Bertz CT molecular complexity index is 680. The predicted octanol–water partition coefficient (Wildman–Crippen LogP) is 1.57. The Kier molecular flexibility index (Phi) is 4.43. The summed E-state index contributed by atoms with van der Waals surface area (Å²) in [6, 6.07) is 3.76. The summed E-state index contributed by atoms with van der Waals surface area (Å²) in [5.41, 5.74) is 0.607. The number of nitrogens with one attached hydrogen (secondary N) is 1. The minimum atomic E-state index is -0.965. The third kappa shape index (κ3) is 3.12. The van der Waals surface area contributed by atoms with Gasteiger partial charge in [0.2, 0.25) is 0 Å². The Hall–Kier alpha value is -1.83. The first-order chi connectivity index (χ1) is 11.1. The van der Waals surface area contributed by atoms with Gasteiger partial charge in [-0.3, -0.25) is 4.90 Å². The molecule has 124 valence electrons. The van der Waals surface area contributed by atoms with Gasteiger partial charge in [0, 0.05) is 19.6 Å². The Balaban J connectivity index is 1.75. The summed E-state index contributed by atoms with van der Waals surface area (Å²) in [6.07, 6.45) is 2.18. The number of hydrogen-bond donors (Lipinski definition) is 2. The molecule has 0 saturated carbocycles. The molecule has 0 spiro atoms. The van der Waals surface area contributed by atoms with Gasteiger partial charge in [-0.1, -0.05) is 11.6 Å². The van der Waals surface area contributed by atoms with E-state index in [1.807, 2.05) is 12.1 Å². The fraction of sp³-hybridized carbons (Fsp3) is 0.467. The van der Waals surface area contributed by atoms with Crippen LogP contribution in [-0.4, -0.2) is 52.7 Å². The monoisotopic (exact) mass is 338 g/mol. The predicted molar refractivity (Wildman–Crippen MR) is 84.7 cm³/mol. The third-order valence-electron chi connectivity index (χ3n) is 4.12. The van der Waals surface area contributed by atoms with Gasteiger partial charge in [-0.25, -0.2) is 0 Å². The number of ether oxygens (including phenoxy) is 2. The number of nitrogens with zero attached hydrogens (tertiary/aromatic N) is 3. The first-order valence-electron chi connectivity index (χ1n) is 7.27. The minimum Gasteiger partial charge on any atom is -0.493 e. The zero-order chi connectivity index (χ0) is 16.4. The molecule has 0 radical (unpaired) electrons. The highest BCUT2D eigenvalue weighted by Crippen LogP contribution is 2.37. The molecule has 1 aromatic carbocycles. The first kappa shape index (κ1) is 16.0. The van der Waals surface area contributed by atoms with Crippen LogP contribution in [0.1, 0.15) is 17.7 Å². The van der Waals surface area contributed by atoms with E-state index in [9.17, 15) is 5.11 Å². The molecule has 0 bridgehead atoms. The van der Waals surface area contributed by atoms with Gasteiger partial charge in [-0.2, -0.15) is 15.4 Å². The number of likely N-dealkylation sites (tertiary alicyclic amines) is 1. The van der Waals surface area contributed by atoms with Crippen LogP contribution in [0.15, 0.2) is 18.3 Å². The van der Waals surface area contributed by atoms with Crippen molar-refractivity contribution >= 4 is 11.6 Å². The molecule has 2 N–H and O–H groups in total. The second-order valence-electron chi connectivity index (χ2n) is 5.66. The maximum atomic E-state index is 10.7. The van der Waals surface area contributed by atoms with Crippen molar-refractivity contribution in [3.05, 3.63) is 34.6 Å².